The van der Waals surface area contributed by atoms with Crippen molar-refractivity contribution in [1.29, 1.82) is 0 Å². The maximum Gasteiger partial charge on any atom is 0.256 e. The van der Waals surface area contributed by atoms with Gasteiger partial charge in [0, 0.05) is 18.8 Å². The molecule has 132 valence electrons. The molecule has 0 atom stereocenters. The second-order valence-electron chi connectivity index (χ2n) is 5.84. The molecular formula is C18H20N2O4S. The molecule has 0 radical (unpaired) electrons. The first-order chi connectivity index (χ1) is 12.0. The Morgan fingerprint density at radius 2 is 1.68 bits per heavy atom. The summed E-state index contributed by atoms with van der Waals surface area (Å²) >= 11 is 0. The van der Waals surface area contributed by atoms with Gasteiger partial charge in [-0.15, -0.1) is 0 Å². The van der Waals surface area contributed by atoms with E-state index in [9.17, 15) is 13.2 Å². The summed E-state index contributed by atoms with van der Waals surface area (Å²) in [7, 11) is -1.41. The van der Waals surface area contributed by atoms with Gasteiger partial charge in [0.1, 0.15) is 5.75 Å². The Morgan fingerprint density at radius 1 is 1.04 bits per heavy atom. The molecule has 1 amide bonds. The molecule has 1 aliphatic rings. The van der Waals surface area contributed by atoms with E-state index in [0.717, 1.165) is 11.4 Å². The van der Waals surface area contributed by atoms with E-state index in [1.165, 1.54) is 0 Å². The van der Waals surface area contributed by atoms with Crippen LogP contribution in [0, 0.1) is 0 Å². The minimum absolute atomic E-state index is 0.0207. The largest absolute Gasteiger partial charge is 0.497 e. The van der Waals surface area contributed by atoms with Crippen LogP contribution in [0.3, 0.4) is 0 Å². The number of anilines is 2. The first-order valence-electron chi connectivity index (χ1n) is 7.98. The SMILES string of the molecule is COc1ccc(Nc2ccccc2C(=O)N2CCS(=O)(=O)CC2)cc1. The third-order valence-electron chi connectivity index (χ3n) is 4.16. The minimum Gasteiger partial charge on any atom is -0.497 e. The zero-order valence-corrected chi connectivity index (χ0v) is 14.8. The van der Waals surface area contributed by atoms with Crippen molar-refractivity contribution in [2.45, 2.75) is 0 Å². The number of methoxy groups -OCH3 is 1. The Hall–Kier alpha value is -2.54. The first kappa shape index (κ1) is 17.3. The quantitative estimate of drug-likeness (QED) is 0.905. The third-order valence-corrected chi connectivity index (χ3v) is 5.77. The van der Waals surface area contributed by atoms with Crippen LogP contribution in [0.1, 0.15) is 10.4 Å². The van der Waals surface area contributed by atoms with E-state index >= 15 is 0 Å². The van der Waals surface area contributed by atoms with Gasteiger partial charge in [0.15, 0.2) is 9.84 Å². The normalized spacial score (nSPS) is 16.3. The van der Waals surface area contributed by atoms with E-state index in [2.05, 4.69) is 5.32 Å². The highest BCUT2D eigenvalue weighted by atomic mass is 32.2. The molecule has 0 unspecified atom stereocenters. The highest BCUT2D eigenvalue weighted by Crippen LogP contribution is 2.24. The van der Waals surface area contributed by atoms with Crippen molar-refractivity contribution in [1.82, 2.24) is 4.90 Å². The lowest BCUT2D eigenvalue weighted by molar-refractivity contribution is 0.0771. The molecule has 0 bridgehead atoms. The fraction of sp³-hybridized carbons (Fsp3) is 0.278. The number of nitrogens with one attached hydrogen (secondary N) is 1. The summed E-state index contributed by atoms with van der Waals surface area (Å²) in [6, 6.07) is 14.6. The Labute approximate surface area is 147 Å². The summed E-state index contributed by atoms with van der Waals surface area (Å²) in [4.78, 5) is 14.4. The average Bonchev–Trinajstić information content (AvgIpc) is 2.62. The highest BCUT2D eigenvalue weighted by Gasteiger charge is 2.26. The molecule has 0 saturated carbocycles. The number of nitrogens with zero attached hydrogens (tertiary/aromatic N) is 1. The lowest BCUT2D eigenvalue weighted by atomic mass is 10.1. The predicted octanol–water partition coefficient (Wildman–Crippen LogP) is 2.31. The van der Waals surface area contributed by atoms with Gasteiger partial charge >= 0.3 is 0 Å². The number of hydrogen-bond acceptors (Lipinski definition) is 5. The Bertz CT molecular complexity index is 849. The molecule has 1 N–H and O–H groups in total. The van der Waals surface area contributed by atoms with Gasteiger partial charge in [-0.2, -0.15) is 0 Å². The van der Waals surface area contributed by atoms with Crippen LogP contribution in [0.5, 0.6) is 5.75 Å². The smallest absolute Gasteiger partial charge is 0.256 e. The van der Waals surface area contributed by atoms with Gasteiger partial charge < -0.3 is 15.0 Å². The van der Waals surface area contributed by atoms with Gasteiger partial charge in [-0.1, -0.05) is 12.1 Å². The first-order valence-corrected chi connectivity index (χ1v) is 9.80. The van der Waals surface area contributed by atoms with Gasteiger partial charge in [0.25, 0.3) is 5.91 Å². The molecule has 1 heterocycles. The van der Waals surface area contributed by atoms with Crippen molar-refractivity contribution >= 4 is 27.1 Å². The molecule has 1 saturated heterocycles. The standard InChI is InChI=1S/C18H20N2O4S/c1-24-15-8-6-14(7-9-15)19-17-5-3-2-4-16(17)18(21)20-10-12-25(22,23)13-11-20/h2-9,19H,10-13H2,1H3. The number of carbonyl (C=O) groups excluding carboxylic acids is 1. The van der Waals surface area contributed by atoms with Crippen LogP contribution >= 0.6 is 0 Å². The summed E-state index contributed by atoms with van der Waals surface area (Å²) in [5.74, 6) is 0.635. The van der Waals surface area contributed by atoms with Crippen LogP contribution in [0.4, 0.5) is 11.4 Å². The van der Waals surface area contributed by atoms with Crippen LogP contribution < -0.4 is 10.1 Å². The molecule has 6 nitrogen and oxygen atoms in total. The zero-order chi connectivity index (χ0) is 17.9. The average molecular weight is 360 g/mol. The van der Waals surface area contributed by atoms with Crippen molar-refractivity contribution in [2.75, 3.05) is 37.0 Å². The number of amides is 1. The second kappa shape index (κ2) is 7.14. The predicted molar refractivity (Wildman–Crippen MR) is 97.3 cm³/mol. The topological polar surface area (TPSA) is 75.7 Å². The number of carbonyl (C=O) groups is 1. The summed E-state index contributed by atoms with van der Waals surface area (Å²) < 4.78 is 28.3. The van der Waals surface area contributed by atoms with Gasteiger partial charge in [-0.3, -0.25) is 4.79 Å². The summed E-state index contributed by atoms with van der Waals surface area (Å²) in [5.41, 5.74) is 2.05. The van der Waals surface area contributed by atoms with Crippen molar-refractivity contribution in [3.63, 3.8) is 0 Å². The van der Waals surface area contributed by atoms with E-state index in [1.54, 1.807) is 24.1 Å². The van der Waals surface area contributed by atoms with Crippen LogP contribution in [-0.2, 0) is 9.84 Å². The molecule has 25 heavy (non-hydrogen) atoms. The fourth-order valence-electron chi connectivity index (χ4n) is 2.69. The summed E-state index contributed by atoms with van der Waals surface area (Å²) in [5, 5.41) is 3.24. The molecule has 0 aromatic heterocycles. The van der Waals surface area contributed by atoms with Crippen molar-refractivity contribution in [2.24, 2.45) is 0 Å². The molecule has 1 aliphatic heterocycles. The molecular weight excluding hydrogens is 340 g/mol. The molecule has 0 spiro atoms. The maximum absolute atomic E-state index is 12.8. The molecule has 2 aromatic carbocycles. The van der Waals surface area contributed by atoms with E-state index in [4.69, 9.17) is 4.74 Å². The molecule has 0 aliphatic carbocycles. The number of para-hydroxylation sites is 1. The Balaban J connectivity index is 1.79. The molecule has 7 heteroatoms. The number of ether oxygens (including phenoxy) is 1. The Morgan fingerprint density at radius 3 is 2.32 bits per heavy atom. The van der Waals surface area contributed by atoms with E-state index in [1.807, 2.05) is 36.4 Å². The lowest BCUT2D eigenvalue weighted by Crippen LogP contribution is -2.43. The second-order valence-corrected chi connectivity index (χ2v) is 8.15. The van der Waals surface area contributed by atoms with Crippen molar-refractivity contribution in [3.05, 3.63) is 54.1 Å². The summed E-state index contributed by atoms with van der Waals surface area (Å²) in [6.07, 6.45) is 0. The number of benzene rings is 2. The zero-order valence-electron chi connectivity index (χ0n) is 13.9. The van der Waals surface area contributed by atoms with Crippen LogP contribution in [0.25, 0.3) is 0 Å². The van der Waals surface area contributed by atoms with Gasteiger partial charge in [0.05, 0.1) is 29.9 Å². The van der Waals surface area contributed by atoms with Crippen LogP contribution in [0.15, 0.2) is 48.5 Å². The molecule has 2 aromatic rings. The van der Waals surface area contributed by atoms with E-state index < -0.39 is 9.84 Å². The number of sulfone groups is 1. The van der Waals surface area contributed by atoms with Gasteiger partial charge in [-0.25, -0.2) is 8.42 Å². The molecule has 3 rings (SSSR count). The lowest BCUT2D eigenvalue weighted by Gasteiger charge is -2.27. The third kappa shape index (κ3) is 4.11. The number of hydrogen-bond donors (Lipinski definition) is 1. The molecule has 1 fully saturated rings. The van der Waals surface area contributed by atoms with Crippen LogP contribution in [0.2, 0.25) is 0 Å². The Kier molecular flexibility index (Phi) is 4.94. The monoisotopic (exact) mass is 360 g/mol. The minimum atomic E-state index is -3.02. The highest BCUT2D eigenvalue weighted by molar-refractivity contribution is 7.91. The van der Waals surface area contributed by atoms with Crippen LogP contribution in [-0.4, -0.2) is 50.9 Å². The van der Waals surface area contributed by atoms with E-state index in [-0.39, 0.29) is 30.5 Å². The van der Waals surface area contributed by atoms with Crippen molar-refractivity contribution < 1.29 is 17.9 Å². The van der Waals surface area contributed by atoms with Gasteiger partial charge in [-0.05, 0) is 36.4 Å². The fourth-order valence-corrected chi connectivity index (χ4v) is 3.90. The number of rotatable bonds is 4. The summed E-state index contributed by atoms with van der Waals surface area (Å²) in [6.45, 7) is 0.468. The maximum atomic E-state index is 12.8. The van der Waals surface area contributed by atoms with Gasteiger partial charge in [0.2, 0.25) is 0 Å². The van der Waals surface area contributed by atoms with E-state index in [0.29, 0.717) is 11.3 Å². The van der Waals surface area contributed by atoms with Crippen molar-refractivity contribution in [3.8, 4) is 5.75 Å².